The lowest BCUT2D eigenvalue weighted by atomic mass is 9.94. The average Bonchev–Trinajstić information content (AvgIpc) is 2.83. The van der Waals surface area contributed by atoms with E-state index in [-0.39, 0.29) is 12.5 Å². The Hall–Kier alpha value is -3.20. The van der Waals surface area contributed by atoms with Gasteiger partial charge >= 0.3 is 5.97 Å². The molecule has 0 N–H and O–H groups in total. The van der Waals surface area contributed by atoms with Crippen molar-refractivity contribution in [2.24, 2.45) is 11.8 Å². The minimum Gasteiger partial charge on any atom is -0.459 e. The first-order chi connectivity index (χ1) is 16.2. The average molecular weight is 493 g/mol. The minimum atomic E-state index is -2.24. The van der Waals surface area contributed by atoms with Crippen LogP contribution in [0.25, 0.3) is 6.08 Å². The number of aromatic nitrogens is 1. The third-order valence-corrected chi connectivity index (χ3v) is 5.76. The number of hydrogen-bond acceptors (Lipinski definition) is 4. The van der Waals surface area contributed by atoms with Gasteiger partial charge in [0.25, 0.3) is 0 Å². The Morgan fingerprint density at radius 2 is 1.53 bits per heavy atom. The van der Waals surface area contributed by atoms with Crippen LogP contribution in [-0.4, -0.2) is 11.0 Å². The predicted octanol–water partition coefficient (Wildman–Crippen LogP) is 6.96. The summed E-state index contributed by atoms with van der Waals surface area (Å²) >= 11 is 1.44. The van der Waals surface area contributed by atoms with Crippen LogP contribution in [-0.2, 0) is 16.1 Å². The number of esters is 1. The third kappa shape index (κ3) is 6.02. The van der Waals surface area contributed by atoms with Crippen molar-refractivity contribution < 1.29 is 31.5 Å². The second kappa shape index (κ2) is 11.3. The van der Waals surface area contributed by atoms with Gasteiger partial charge in [-0.1, -0.05) is 62.0 Å². The predicted molar refractivity (Wildman–Crippen MR) is 118 cm³/mol. The van der Waals surface area contributed by atoms with Crippen molar-refractivity contribution >= 4 is 23.8 Å². The fourth-order valence-corrected chi connectivity index (χ4v) is 3.83. The number of halogens is 5. The summed E-state index contributed by atoms with van der Waals surface area (Å²) in [4.78, 5) is 18.0. The molecule has 3 rings (SSSR count). The number of carbonyl (C=O) groups is 1. The van der Waals surface area contributed by atoms with Gasteiger partial charge in [0.1, 0.15) is 11.6 Å². The summed E-state index contributed by atoms with van der Waals surface area (Å²) in [6.45, 7) is 3.16. The molecule has 3 nitrogen and oxygen atoms in total. The Morgan fingerprint density at radius 3 is 2.15 bits per heavy atom. The van der Waals surface area contributed by atoms with Crippen LogP contribution in [0.3, 0.4) is 0 Å². The van der Waals surface area contributed by atoms with Gasteiger partial charge < -0.3 is 4.74 Å². The lowest BCUT2D eigenvalue weighted by Gasteiger charge is -2.16. The first kappa shape index (κ1) is 25.4. The zero-order chi connectivity index (χ0) is 24.8. The van der Waals surface area contributed by atoms with E-state index in [4.69, 9.17) is 4.74 Å². The molecule has 2 aromatic carbocycles. The topological polar surface area (TPSA) is 39.2 Å². The largest absolute Gasteiger partial charge is 0.459 e. The van der Waals surface area contributed by atoms with Gasteiger partial charge in [0.15, 0.2) is 23.3 Å². The van der Waals surface area contributed by atoms with Crippen molar-refractivity contribution in [1.82, 2.24) is 4.98 Å². The fraction of sp³-hybridized carbons (Fsp3) is 0.200. The van der Waals surface area contributed by atoms with E-state index in [1.807, 2.05) is 36.4 Å². The van der Waals surface area contributed by atoms with Crippen LogP contribution in [0.5, 0.6) is 0 Å². The van der Waals surface area contributed by atoms with Crippen molar-refractivity contribution in [2.45, 2.75) is 30.4 Å². The SMILES string of the molecule is CC(C)C(C=Cc1c(F)c(F)c(F)c(F)c1F)C(=O)OCc1cccc(Sc2ccccc2)n1. The minimum absolute atomic E-state index is 0.151. The van der Waals surface area contributed by atoms with E-state index in [0.29, 0.717) is 16.8 Å². The van der Waals surface area contributed by atoms with E-state index in [9.17, 15) is 26.7 Å². The van der Waals surface area contributed by atoms with E-state index >= 15 is 0 Å². The van der Waals surface area contributed by atoms with Gasteiger partial charge in [-0.15, -0.1) is 0 Å². The molecule has 0 saturated carbocycles. The highest BCUT2D eigenvalue weighted by Crippen LogP contribution is 2.27. The number of hydrogen-bond donors (Lipinski definition) is 0. The second-order valence-corrected chi connectivity index (χ2v) is 8.70. The smallest absolute Gasteiger partial charge is 0.313 e. The van der Waals surface area contributed by atoms with Crippen LogP contribution in [0.2, 0.25) is 0 Å². The molecule has 1 aromatic heterocycles. The Labute approximate surface area is 197 Å². The normalized spacial score (nSPS) is 12.4. The highest BCUT2D eigenvalue weighted by atomic mass is 32.2. The molecule has 3 aromatic rings. The maximum atomic E-state index is 13.9. The molecule has 1 unspecified atom stereocenters. The van der Waals surface area contributed by atoms with E-state index in [1.54, 1.807) is 26.0 Å². The van der Waals surface area contributed by atoms with Crippen molar-refractivity contribution in [2.75, 3.05) is 0 Å². The Bertz CT molecular complexity index is 1170. The molecule has 0 spiro atoms. The van der Waals surface area contributed by atoms with Crippen LogP contribution in [0, 0.1) is 40.9 Å². The Balaban J connectivity index is 1.71. The van der Waals surface area contributed by atoms with Gasteiger partial charge in [-0.3, -0.25) is 4.79 Å². The van der Waals surface area contributed by atoms with Gasteiger partial charge in [0.2, 0.25) is 5.82 Å². The monoisotopic (exact) mass is 493 g/mol. The standard InChI is InChI=1S/C25H20F5NO2S/c1-14(2)17(11-12-18-20(26)22(28)24(30)23(29)21(18)27)25(32)33-13-15-7-6-10-19(31-15)34-16-8-4-3-5-9-16/h3-12,14,17H,13H2,1-2H3. The summed E-state index contributed by atoms with van der Waals surface area (Å²) in [6.07, 6.45) is 1.78. The lowest BCUT2D eigenvalue weighted by molar-refractivity contribution is -0.149. The first-order valence-electron chi connectivity index (χ1n) is 10.2. The summed E-state index contributed by atoms with van der Waals surface area (Å²) in [5.41, 5.74) is -0.636. The molecule has 9 heteroatoms. The molecule has 0 aliphatic carbocycles. The van der Waals surface area contributed by atoms with E-state index in [0.717, 1.165) is 11.0 Å². The van der Waals surface area contributed by atoms with E-state index in [2.05, 4.69) is 4.98 Å². The number of ether oxygens (including phenoxy) is 1. The maximum Gasteiger partial charge on any atom is 0.313 e. The van der Waals surface area contributed by atoms with Gasteiger partial charge in [0, 0.05) is 4.90 Å². The summed E-state index contributed by atoms with van der Waals surface area (Å²) in [7, 11) is 0. The van der Waals surface area contributed by atoms with E-state index in [1.165, 1.54) is 11.8 Å². The molecular formula is C25H20F5NO2S. The van der Waals surface area contributed by atoms with Crippen molar-refractivity contribution in [1.29, 1.82) is 0 Å². The molecule has 178 valence electrons. The summed E-state index contributed by atoms with van der Waals surface area (Å²) in [5, 5.41) is 0.700. The Kier molecular flexibility index (Phi) is 8.44. The molecule has 0 aliphatic rings. The van der Waals surface area contributed by atoms with Crippen LogP contribution in [0.15, 0.2) is 64.5 Å². The second-order valence-electron chi connectivity index (χ2n) is 7.60. The first-order valence-corrected chi connectivity index (χ1v) is 11.1. The fourth-order valence-electron chi connectivity index (χ4n) is 2.99. The van der Waals surface area contributed by atoms with Crippen molar-refractivity contribution in [3.63, 3.8) is 0 Å². The number of nitrogens with zero attached hydrogens (tertiary/aromatic N) is 1. The molecule has 0 aliphatic heterocycles. The number of carbonyl (C=O) groups excluding carboxylic acids is 1. The molecule has 0 radical (unpaired) electrons. The third-order valence-electron chi connectivity index (χ3n) is 4.81. The molecule has 0 saturated heterocycles. The maximum absolute atomic E-state index is 13.9. The van der Waals surface area contributed by atoms with E-state index < -0.39 is 46.5 Å². The number of benzene rings is 2. The summed E-state index contributed by atoms with van der Waals surface area (Å²) in [6, 6.07) is 14.8. The zero-order valence-electron chi connectivity index (χ0n) is 18.2. The molecule has 34 heavy (non-hydrogen) atoms. The van der Waals surface area contributed by atoms with Crippen molar-refractivity contribution in [3.05, 3.63) is 95.0 Å². The Morgan fingerprint density at radius 1 is 0.912 bits per heavy atom. The lowest BCUT2D eigenvalue weighted by Crippen LogP contribution is -2.21. The van der Waals surface area contributed by atoms with Gasteiger partial charge in [0.05, 0.1) is 17.2 Å². The molecule has 0 amide bonds. The van der Waals surface area contributed by atoms with Crippen LogP contribution in [0.1, 0.15) is 25.1 Å². The molecule has 0 fully saturated rings. The zero-order valence-corrected chi connectivity index (χ0v) is 19.0. The van der Waals surface area contributed by atoms with Gasteiger partial charge in [-0.05, 0) is 30.2 Å². The molecular weight excluding hydrogens is 473 g/mol. The van der Waals surface area contributed by atoms with Crippen LogP contribution < -0.4 is 0 Å². The van der Waals surface area contributed by atoms with Gasteiger partial charge in [-0.25, -0.2) is 26.9 Å². The molecule has 1 atom stereocenters. The highest BCUT2D eigenvalue weighted by molar-refractivity contribution is 7.99. The van der Waals surface area contributed by atoms with Crippen LogP contribution in [0.4, 0.5) is 22.0 Å². The number of pyridine rings is 1. The van der Waals surface area contributed by atoms with Crippen LogP contribution >= 0.6 is 11.8 Å². The summed E-state index contributed by atoms with van der Waals surface area (Å²) < 4.78 is 73.2. The molecule has 0 bridgehead atoms. The summed E-state index contributed by atoms with van der Waals surface area (Å²) in [5.74, 6) is -12.4. The van der Waals surface area contributed by atoms with Crippen molar-refractivity contribution in [3.8, 4) is 0 Å². The quantitative estimate of drug-likeness (QED) is 0.147. The highest BCUT2D eigenvalue weighted by Gasteiger charge is 2.26. The molecule has 1 heterocycles. The number of rotatable bonds is 8. The van der Waals surface area contributed by atoms with Gasteiger partial charge in [-0.2, -0.15) is 0 Å².